The van der Waals surface area contributed by atoms with E-state index < -0.39 is 14.3 Å². The van der Waals surface area contributed by atoms with Crippen molar-refractivity contribution < 1.29 is 14.3 Å². The van der Waals surface area contributed by atoms with E-state index in [-0.39, 0.29) is 17.2 Å². The molecule has 0 fully saturated rings. The molecule has 3 aromatic rings. The topological polar surface area (TPSA) is 72.5 Å². The molecule has 0 unspecified atom stereocenters. The van der Waals surface area contributed by atoms with Crippen LogP contribution in [0.25, 0.3) is 0 Å². The smallest absolute Gasteiger partial charge is 0.336 e. The van der Waals surface area contributed by atoms with Crippen molar-refractivity contribution in [2.24, 2.45) is 5.73 Å². The summed E-state index contributed by atoms with van der Waals surface area (Å²) in [6.07, 6.45) is 0. The molecular weight excluding hydrogens is 390 g/mol. The van der Waals surface area contributed by atoms with Crippen LogP contribution in [0.4, 0.5) is 0 Å². The lowest BCUT2D eigenvalue weighted by Crippen LogP contribution is -2.66. The van der Waals surface area contributed by atoms with Crippen molar-refractivity contribution in [3.05, 3.63) is 95.6 Å². The molecular formula is C25H29NO3Si. The van der Waals surface area contributed by atoms with E-state index in [4.69, 9.17) is 10.2 Å². The van der Waals surface area contributed by atoms with Gasteiger partial charge in [-0.1, -0.05) is 93.6 Å². The molecule has 3 rings (SSSR count). The van der Waals surface area contributed by atoms with Gasteiger partial charge in [-0.25, -0.2) is 4.79 Å². The molecule has 4 nitrogen and oxygen atoms in total. The van der Waals surface area contributed by atoms with Crippen LogP contribution in [0.1, 0.15) is 42.3 Å². The van der Waals surface area contributed by atoms with Crippen LogP contribution in [0.15, 0.2) is 78.9 Å². The minimum Gasteiger partial charge on any atom is -0.478 e. The van der Waals surface area contributed by atoms with Crippen LogP contribution < -0.4 is 16.1 Å². The predicted octanol–water partition coefficient (Wildman–Crippen LogP) is 3.92. The lowest BCUT2D eigenvalue weighted by Gasteiger charge is -2.43. The SMILES string of the molecule is CC(C)(C)[Si](OCc1ccc(CN)cc1C(=O)O)(c1ccccc1)c1ccccc1. The van der Waals surface area contributed by atoms with Crippen LogP contribution in [0.3, 0.4) is 0 Å². The Bertz CT molecular complexity index is 958. The minimum absolute atomic E-state index is 0.170. The lowest BCUT2D eigenvalue weighted by atomic mass is 10.0. The van der Waals surface area contributed by atoms with Crippen LogP contribution >= 0.6 is 0 Å². The Balaban J connectivity index is 2.12. The maximum absolute atomic E-state index is 11.9. The molecule has 0 amide bonds. The zero-order valence-electron chi connectivity index (χ0n) is 17.8. The molecule has 3 N–H and O–H groups in total. The van der Waals surface area contributed by atoms with Crippen LogP contribution in [0.2, 0.25) is 5.04 Å². The van der Waals surface area contributed by atoms with E-state index in [9.17, 15) is 9.90 Å². The summed E-state index contributed by atoms with van der Waals surface area (Å²) in [4.78, 5) is 11.9. The largest absolute Gasteiger partial charge is 0.478 e. The molecule has 0 aliphatic rings. The normalized spacial score (nSPS) is 12.0. The maximum Gasteiger partial charge on any atom is 0.336 e. The van der Waals surface area contributed by atoms with E-state index in [0.717, 1.165) is 5.56 Å². The van der Waals surface area contributed by atoms with Crippen LogP contribution in [-0.4, -0.2) is 19.4 Å². The summed E-state index contributed by atoms with van der Waals surface area (Å²) in [5.74, 6) is -0.966. The first-order chi connectivity index (χ1) is 14.3. The number of carboxylic acid groups (broad SMARTS) is 1. The van der Waals surface area contributed by atoms with Gasteiger partial charge in [-0.2, -0.15) is 0 Å². The van der Waals surface area contributed by atoms with Crippen LogP contribution in [-0.2, 0) is 17.6 Å². The zero-order valence-corrected chi connectivity index (χ0v) is 18.8. The second kappa shape index (κ2) is 8.96. The van der Waals surface area contributed by atoms with Crippen molar-refractivity contribution in [3.8, 4) is 0 Å². The molecule has 0 spiro atoms. The van der Waals surface area contributed by atoms with E-state index in [1.165, 1.54) is 10.4 Å². The highest BCUT2D eigenvalue weighted by atomic mass is 28.4. The van der Waals surface area contributed by atoms with E-state index in [1.54, 1.807) is 6.07 Å². The highest BCUT2D eigenvalue weighted by Gasteiger charge is 2.50. The second-order valence-electron chi connectivity index (χ2n) is 8.45. The summed E-state index contributed by atoms with van der Waals surface area (Å²) < 4.78 is 6.86. The molecule has 0 aliphatic carbocycles. The van der Waals surface area contributed by atoms with Gasteiger partial charge in [0.25, 0.3) is 8.32 Å². The van der Waals surface area contributed by atoms with Crippen LogP contribution in [0.5, 0.6) is 0 Å². The number of carboxylic acids is 1. The summed E-state index contributed by atoms with van der Waals surface area (Å²) in [6, 6.07) is 26.0. The number of hydrogen-bond acceptors (Lipinski definition) is 3. The van der Waals surface area contributed by atoms with Gasteiger partial charge in [0.15, 0.2) is 0 Å². The molecule has 0 aliphatic heterocycles. The molecule has 0 saturated heterocycles. The van der Waals surface area contributed by atoms with Gasteiger partial charge in [0, 0.05) is 6.54 Å². The lowest BCUT2D eigenvalue weighted by molar-refractivity contribution is 0.0693. The first kappa shape index (κ1) is 22.0. The molecule has 0 atom stereocenters. The number of carbonyl (C=O) groups is 1. The molecule has 0 aromatic heterocycles. The number of rotatable bonds is 7. The third-order valence-electron chi connectivity index (χ3n) is 5.50. The van der Waals surface area contributed by atoms with Crippen molar-refractivity contribution in [1.29, 1.82) is 0 Å². The van der Waals surface area contributed by atoms with E-state index >= 15 is 0 Å². The first-order valence-corrected chi connectivity index (χ1v) is 12.0. The Kier molecular flexibility index (Phi) is 6.56. The van der Waals surface area contributed by atoms with Gasteiger partial charge in [0.2, 0.25) is 0 Å². The highest BCUT2D eigenvalue weighted by molar-refractivity contribution is 6.99. The third kappa shape index (κ3) is 4.24. The fraction of sp³-hybridized carbons (Fsp3) is 0.240. The molecule has 5 heteroatoms. The standard InChI is InChI=1S/C25H29NO3Si/c1-25(2,3)30(21-10-6-4-7-11-21,22-12-8-5-9-13-22)29-18-20-15-14-19(17-26)16-23(20)24(27)28/h4-16H,17-18,26H2,1-3H3,(H,27,28). The first-order valence-electron chi connectivity index (χ1n) is 10.1. The van der Waals surface area contributed by atoms with Crippen molar-refractivity contribution in [2.75, 3.05) is 0 Å². The fourth-order valence-electron chi connectivity index (χ4n) is 4.02. The Labute approximate surface area is 179 Å². The molecule has 30 heavy (non-hydrogen) atoms. The van der Waals surface area contributed by atoms with Gasteiger partial charge >= 0.3 is 5.97 Å². The van der Waals surface area contributed by atoms with Crippen molar-refractivity contribution in [1.82, 2.24) is 0 Å². The number of benzene rings is 3. The summed E-state index contributed by atoms with van der Waals surface area (Å²) in [7, 11) is -2.73. The monoisotopic (exact) mass is 419 g/mol. The third-order valence-corrected chi connectivity index (χ3v) is 10.5. The van der Waals surface area contributed by atoms with E-state index in [0.29, 0.717) is 12.1 Å². The Morgan fingerprint density at radius 2 is 1.47 bits per heavy atom. The Morgan fingerprint density at radius 3 is 1.90 bits per heavy atom. The van der Waals surface area contributed by atoms with Gasteiger partial charge in [-0.05, 0) is 32.6 Å². The van der Waals surface area contributed by atoms with Gasteiger partial charge in [-0.15, -0.1) is 0 Å². The zero-order chi connectivity index (χ0) is 21.8. The summed E-state index contributed by atoms with van der Waals surface area (Å²) >= 11 is 0. The van der Waals surface area contributed by atoms with Gasteiger partial charge in [0.05, 0.1) is 12.2 Å². The molecule has 156 valence electrons. The average molecular weight is 420 g/mol. The molecule has 3 aromatic carbocycles. The Morgan fingerprint density at radius 1 is 0.933 bits per heavy atom. The number of aromatic carboxylic acids is 1. The van der Waals surface area contributed by atoms with Crippen LogP contribution in [0, 0.1) is 0 Å². The predicted molar refractivity (Wildman–Crippen MR) is 124 cm³/mol. The van der Waals surface area contributed by atoms with Crippen molar-refractivity contribution in [2.45, 2.75) is 39.0 Å². The quantitative estimate of drug-likeness (QED) is 0.570. The minimum atomic E-state index is -2.73. The van der Waals surface area contributed by atoms with Gasteiger partial charge in [0.1, 0.15) is 0 Å². The summed E-state index contributed by atoms with van der Waals surface area (Å²) in [5.41, 5.74) is 7.40. The van der Waals surface area contributed by atoms with Crippen molar-refractivity contribution in [3.63, 3.8) is 0 Å². The van der Waals surface area contributed by atoms with Crippen molar-refractivity contribution >= 4 is 24.7 Å². The maximum atomic E-state index is 11.9. The Hall–Kier alpha value is -2.73. The number of nitrogens with two attached hydrogens (primary N) is 1. The van der Waals surface area contributed by atoms with Gasteiger partial charge in [-0.3, -0.25) is 0 Å². The second-order valence-corrected chi connectivity index (χ2v) is 12.8. The van der Waals surface area contributed by atoms with E-state index in [1.807, 2.05) is 48.5 Å². The molecule has 0 bridgehead atoms. The number of hydrogen-bond donors (Lipinski definition) is 2. The average Bonchev–Trinajstić information content (AvgIpc) is 2.74. The fourth-order valence-corrected chi connectivity index (χ4v) is 8.55. The van der Waals surface area contributed by atoms with E-state index in [2.05, 4.69) is 45.0 Å². The molecule has 0 radical (unpaired) electrons. The summed E-state index contributed by atoms with van der Waals surface area (Å²) in [5, 5.41) is 11.9. The molecule has 0 heterocycles. The van der Waals surface area contributed by atoms with Gasteiger partial charge < -0.3 is 15.3 Å². The highest BCUT2D eigenvalue weighted by Crippen LogP contribution is 2.37. The summed E-state index contributed by atoms with van der Waals surface area (Å²) in [6.45, 7) is 7.13. The molecule has 0 saturated carbocycles.